The summed E-state index contributed by atoms with van der Waals surface area (Å²) in [7, 11) is 0. The minimum Gasteiger partial charge on any atom is -0.462 e. The average Bonchev–Trinajstić information content (AvgIpc) is 3.26. The lowest BCUT2D eigenvalue weighted by Crippen LogP contribution is -2.46. The number of unbranched alkanes of at least 4 members (excludes halogenated alkanes) is 18. The molecule has 0 aromatic carbocycles. The minimum absolute atomic E-state index is 0.0299. The van der Waals surface area contributed by atoms with E-state index in [2.05, 4.69) is 86.8 Å². The normalized spacial score (nSPS) is 14.3. The first-order valence-electron chi connectivity index (χ1n) is 24.9. The summed E-state index contributed by atoms with van der Waals surface area (Å²) in [6.07, 6.45) is 66.7. The van der Waals surface area contributed by atoms with Crippen molar-refractivity contribution in [1.29, 1.82) is 0 Å². The Morgan fingerprint density at radius 3 is 1.32 bits per heavy atom. The van der Waals surface area contributed by atoms with Gasteiger partial charge in [-0.25, -0.2) is 0 Å². The zero-order valence-corrected chi connectivity index (χ0v) is 39.7. The number of carbonyl (C=O) groups excluding carboxylic acids is 2. The van der Waals surface area contributed by atoms with Gasteiger partial charge in [0.15, 0.2) is 0 Å². The Labute approximate surface area is 380 Å². The molecule has 62 heavy (non-hydrogen) atoms. The maximum absolute atomic E-state index is 13.2. The molecule has 0 aromatic heterocycles. The molecule has 0 aromatic rings. The quantitative estimate of drug-likeness (QED) is 0.0323. The number of hydrogen-bond donors (Lipinski definition) is 3. The number of hydrogen-bond acceptors (Lipinski definition) is 5. The predicted molar refractivity (Wildman–Crippen MR) is 268 cm³/mol. The van der Waals surface area contributed by atoms with E-state index in [1.807, 2.05) is 60.8 Å². The molecule has 350 valence electrons. The van der Waals surface area contributed by atoms with Crippen molar-refractivity contribution in [3.63, 3.8) is 0 Å². The number of nitrogens with one attached hydrogen (secondary N) is 1. The smallest absolute Gasteiger partial charge is 0.306 e. The van der Waals surface area contributed by atoms with Crippen molar-refractivity contribution in [2.24, 2.45) is 0 Å². The molecule has 3 unspecified atom stereocenters. The SMILES string of the molecule is CCC/C=C/C=C/C=C/C=C/C=C/CCCCCCCC(=O)OC(CCCCC/C=C/C=C/C=C/C=C/C=C/CCC)CC(=O)NC(CO)C(O)CCCCCCCCCCC. The Bertz CT molecular complexity index is 1330. The molecule has 3 N–H and O–H groups in total. The number of amides is 1. The van der Waals surface area contributed by atoms with E-state index in [-0.39, 0.29) is 24.9 Å². The molecule has 0 aliphatic carbocycles. The van der Waals surface area contributed by atoms with Gasteiger partial charge in [-0.05, 0) is 64.2 Å². The van der Waals surface area contributed by atoms with Crippen molar-refractivity contribution in [3.05, 3.63) is 122 Å². The zero-order valence-electron chi connectivity index (χ0n) is 39.7. The van der Waals surface area contributed by atoms with Crippen molar-refractivity contribution in [3.8, 4) is 0 Å². The third kappa shape index (κ3) is 42.9. The molecule has 0 spiro atoms. The lowest BCUT2D eigenvalue weighted by molar-refractivity contribution is -0.151. The molecular formula is C56H91NO5. The zero-order chi connectivity index (χ0) is 45.2. The fourth-order valence-corrected chi connectivity index (χ4v) is 6.72. The molecule has 0 aliphatic heterocycles. The molecule has 0 fully saturated rings. The number of aliphatic hydroxyl groups excluding tert-OH is 2. The second kappa shape index (κ2) is 48.3. The highest BCUT2D eigenvalue weighted by molar-refractivity contribution is 5.77. The van der Waals surface area contributed by atoms with Crippen LogP contribution in [0.4, 0.5) is 0 Å². The van der Waals surface area contributed by atoms with Crippen molar-refractivity contribution in [1.82, 2.24) is 5.32 Å². The second-order valence-electron chi connectivity index (χ2n) is 16.4. The van der Waals surface area contributed by atoms with Crippen LogP contribution >= 0.6 is 0 Å². The van der Waals surface area contributed by atoms with Gasteiger partial charge in [-0.15, -0.1) is 0 Å². The van der Waals surface area contributed by atoms with E-state index < -0.39 is 18.2 Å². The average molecular weight is 858 g/mol. The molecule has 3 atom stereocenters. The Hall–Kier alpha value is -3.74. The first kappa shape index (κ1) is 58.3. The van der Waals surface area contributed by atoms with Gasteiger partial charge >= 0.3 is 5.97 Å². The number of aliphatic hydroxyl groups is 2. The molecule has 0 rings (SSSR count). The number of allylic oxidation sites excluding steroid dienone is 20. The highest BCUT2D eigenvalue weighted by Gasteiger charge is 2.24. The fraction of sp³-hybridized carbons (Fsp3) is 0.607. The van der Waals surface area contributed by atoms with Crippen LogP contribution in [0.3, 0.4) is 0 Å². The van der Waals surface area contributed by atoms with Crippen LogP contribution in [-0.2, 0) is 14.3 Å². The van der Waals surface area contributed by atoms with Gasteiger partial charge in [-0.3, -0.25) is 9.59 Å². The summed E-state index contributed by atoms with van der Waals surface area (Å²) >= 11 is 0. The first-order valence-corrected chi connectivity index (χ1v) is 24.9. The van der Waals surface area contributed by atoms with Crippen LogP contribution in [0, 0.1) is 0 Å². The molecule has 1 amide bonds. The van der Waals surface area contributed by atoms with Gasteiger partial charge in [0.1, 0.15) is 6.10 Å². The molecular weight excluding hydrogens is 767 g/mol. The van der Waals surface area contributed by atoms with Gasteiger partial charge in [0.2, 0.25) is 5.91 Å². The molecule has 0 saturated carbocycles. The molecule has 0 bridgehead atoms. The molecule has 0 heterocycles. The summed E-state index contributed by atoms with van der Waals surface area (Å²) in [5, 5.41) is 23.6. The monoisotopic (exact) mass is 858 g/mol. The predicted octanol–water partition coefficient (Wildman–Crippen LogP) is 14.9. The molecule has 0 aliphatic rings. The summed E-state index contributed by atoms with van der Waals surface area (Å²) in [6.45, 7) is 6.25. The lowest BCUT2D eigenvalue weighted by Gasteiger charge is -2.24. The Morgan fingerprint density at radius 1 is 0.468 bits per heavy atom. The van der Waals surface area contributed by atoms with Crippen molar-refractivity contribution in [2.45, 2.75) is 212 Å². The van der Waals surface area contributed by atoms with E-state index in [0.29, 0.717) is 19.3 Å². The van der Waals surface area contributed by atoms with Gasteiger partial charge in [-0.1, -0.05) is 239 Å². The summed E-state index contributed by atoms with van der Waals surface area (Å²) in [5.74, 6) is -0.560. The summed E-state index contributed by atoms with van der Waals surface area (Å²) in [6, 6.07) is -0.729. The number of carbonyl (C=O) groups is 2. The largest absolute Gasteiger partial charge is 0.462 e. The lowest BCUT2D eigenvalue weighted by atomic mass is 10.0. The highest BCUT2D eigenvalue weighted by Crippen LogP contribution is 2.16. The maximum Gasteiger partial charge on any atom is 0.306 e. The number of rotatable bonds is 42. The van der Waals surface area contributed by atoms with E-state index in [4.69, 9.17) is 4.74 Å². The standard InChI is InChI=1S/C56H91NO5/c1-4-7-10-13-16-19-21-23-25-27-28-30-32-34-37-40-43-46-49-56(61)62-52(47-44-41-38-36-33-31-29-26-24-22-20-17-14-11-8-5-2)50-55(60)57-53(51-58)54(59)48-45-42-39-35-18-15-12-9-6-3/h10-11,13-14,16-17,19-31,33,52-54,58-59H,4-9,12,15,18,32,34-51H2,1-3H3,(H,57,60)/b13-10+,14-11+,19-16+,20-17+,23-21+,24-22+,27-25+,29-26+,30-28+,33-31+. The second-order valence-corrected chi connectivity index (χ2v) is 16.4. The van der Waals surface area contributed by atoms with Crippen LogP contribution in [0.2, 0.25) is 0 Å². The third-order valence-corrected chi connectivity index (χ3v) is 10.5. The van der Waals surface area contributed by atoms with Crippen LogP contribution in [-0.4, -0.2) is 46.9 Å². The van der Waals surface area contributed by atoms with Gasteiger partial charge in [0, 0.05) is 6.42 Å². The van der Waals surface area contributed by atoms with Gasteiger partial charge in [0.05, 0.1) is 25.2 Å². The highest BCUT2D eigenvalue weighted by atomic mass is 16.5. The summed E-state index contributed by atoms with van der Waals surface area (Å²) < 4.78 is 5.90. The van der Waals surface area contributed by atoms with E-state index in [1.165, 1.54) is 44.9 Å². The van der Waals surface area contributed by atoms with E-state index >= 15 is 0 Å². The molecule has 0 saturated heterocycles. The number of esters is 1. The van der Waals surface area contributed by atoms with Gasteiger partial charge in [0.25, 0.3) is 0 Å². The minimum atomic E-state index is -0.811. The van der Waals surface area contributed by atoms with E-state index in [1.54, 1.807) is 0 Å². The van der Waals surface area contributed by atoms with Crippen LogP contribution in [0.1, 0.15) is 194 Å². The maximum atomic E-state index is 13.2. The van der Waals surface area contributed by atoms with Crippen LogP contribution < -0.4 is 5.32 Å². The summed E-state index contributed by atoms with van der Waals surface area (Å²) in [4.78, 5) is 26.1. The van der Waals surface area contributed by atoms with Gasteiger partial charge in [-0.2, -0.15) is 0 Å². The van der Waals surface area contributed by atoms with E-state index in [0.717, 1.165) is 103 Å². The molecule has 0 radical (unpaired) electrons. The first-order chi connectivity index (χ1) is 30.5. The Kier molecular flexibility index (Phi) is 45.4. The molecule has 6 heteroatoms. The van der Waals surface area contributed by atoms with Gasteiger partial charge < -0.3 is 20.3 Å². The topological polar surface area (TPSA) is 95.9 Å². The van der Waals surface area contributed by atoms with Crippen LogP contribution in [0.25, 0.3) is 0 Å². The van der Waals surface area contributed by atoms with Crippen LogP contribution in [0.5, 0.6) is 0 Å². The van der Waals surface area contributed by atoms with Crippen molar-refractivity contribution in [2.75, 3.05) is 6.61 Å². The Balaban J connectivity index is 4.78. The Morgan fingerprint density at radius 2 is 0.855 bits per heavy atom. The third-order valence-electron chi connectivity index (χ3n) is 10.5. The number of ether oxygens (including phenoxy) is 1. The van der Waals surface area contributed by atoms with Crippen molar-refractivity contribution < 1.29 is 24.5 Å². The fourth-order valence-electron chi connectivity index (χ4n) is 6.72. The molecule has 6 nitrogen and oxygen atoms in total. The van der Waals surface area contributed by atoms with E-state index in [9.17, 15) is 19.8 Å². The van der Waals surface area contributed by atoms with Crippen LogP contribution in [0.15, 0.2) is 122 Å². The summed E-state index contributed by atoms with van der Waals surface area (Å²) in [5.41, 5.74) is 0. The van der Waals surface area contributed by atoms with Crippen molar-refractivity contribution >= 4 is 11.9 Å².